The van der Waals surface area contributed by atoms with Gasteiger partial charge in [0, 0.05) is 11.8 Å². The SMILES string of the molecule is CC1(C)N=C(c2ccc(-c3ccc4c(-c5ccc6ccccc6c5)c5ccccc5c(-c5ccc6ccccc6c5)c4c3)cn2)OC1(C)C. The van der Waals surface area contributed by atoms with Gasteiger partial charge in [-0.3, -0.25) is 4.98 Å². The lowest BCUT2D eigenvalue weighted by molar-refractivity contribution is 0.0617. The van der Waals surface area contributed by atoms with E-state index in [9.17, 15) is 0 Å². The molecule has 0 unspecified atom stereocenters. The molecule has 3 heteroatoms. The van der Waals surface area contributed by atoms with Crippen molar-refractivity contribution in [2.24, 2.45) is 4.99 Å². The van der Waals surface area contributed by atoms with Gasteiger partial charge in [0.15, 0.2) is 0 Å². The first-order valence-corrected chi connectivity index (χ1v) is 17.0. The van der Waals surface area contributed by atoms with E-state index in [4.69, 9.17) is 14.7 Å². The van der Waals surface area contributed by atoms with E-state index < -0.39 is 5.60 Å². The maximum Gasteiger partial charge on any atom is 0.236 e. The van der Waals surface area contributed by atoms with Crippen LogP contribution >= 0.6 is 0 Å². The van der Waals surface area contributed by atoms with Gasteiger partial charge in [-0.15, -0.1) is 0 Å². The molecule has 8 aromatic rings. The molecule has 9 rings (SSSR count). The molecule has 0 radical (unpaired) electrons. The van der Waals surface area contributed by atoms with Crippen LogP contribution in [0.3, 0.4) is 0 Å². The highest BCUT2D eigenvalue weighted by Gasteiger charge is 2.45. The first-order chi connectivity index (χ1) is 23.8. The van der Waals surface area contributed by atoms with Gasteiger partial charge in [0.1, 0.15) is 11.3 Å². The number of aliphatic imine (C=N–C) groups is 1. The van der Waals surface area contributed by atoms with E-state index in [1.54, 1.807) is 0 Å². The molecule has 0 saturated heterocycles. The van der Waals surface area contributed by atoms with E-state index in [0.717, 1.165) is 16.8 Å². The molecule has 1 aliphatic rings. The second-order valence-corrected chi connectivity index (χ2v) is 14.2. The van der Waals surface area contributed by atoms with Gasteiger partial charge in [0.25, 0.3) is 0 Å². The number of aromatic nitrogens is 1. The Morgan fingerprint density at radius 2 is 0.959 bits per heavy atom. The van der Waals surface area contributed by atoms with Crippen LogP contribution in [-0.4, -0.2) is 22.0 Å². The van der Waals surface area contributed by atoms with Gasteiger partial charge in [0.05, 0.1) is 5.54 Å². The smallest absolute Gasteiger partial charge is 0.236 e. The van der Waals surface area contributed by atoms with Gasteiger partial charge in [0.2, 0.25) is 5.90 Å². The number of ether oxygens (including phenoxy) is 1. The molecule has 2 heterocycles. The number of benzene rings is 7. The summed E-state index contributed by atoms with van der Waals surface area (Å²) in [6.45, 7) is 8.37. The van der Waals surface area contributed by atoms with E-state index >= 15 is 0 Å². The lowest BCUT2D eigenvalue weighted by Gasteiger charge is -2.30. The van der Waals surface area contributed by atoms with Crippen molar-refractivity contribution in [3.8, 4) is 33.4 Å². The van der Waals surface area contributed by atoms with Gasteiger partial charge >= 0.3 is 0 Å². The van der Waals surface area contributed by atoms with E-state index in [1.807, 2.05) is 12.3 Å². The lowest BCUT2D eigenvalue weighted by atomic mass is 9.84. The molecule has 0 spiro atoms. The van der Waals surface area contributed by atoms with Crippen molar-refractivity contribution in [1.29, 1.82) is 0 Å². The first kappa shape index (κ1) is 29.3. The second kappa shape index (κ2) is 10.9. The van der Waals surface area contributed by atoms with Crippen molar-refractivity contribution in [1.82, 2.24) is 4.98 Å². The molecule has 0 amide bonds. The second-order valence-electron chi connectivity index (χ2n) is 14.2. The molecule has 0 atom stereocenters. The molecule has 0 saturated carbocycles. The molecule has 49 heavy (non-hydrogen) atoms. The van der Waals surface area contributed by atoms with Gasteiger partial charge in [-0.25, -0.2) is 4.99 Å². The van der Waals surface area contributed by atoms with Crippen LogP contribution in [0.4, 0.5) is 0 Å². The van der Waals surface area contributed by atoms with Crippen LogP contribution < -0.4 is 0 Å². The van der Waals surface area contributed by atoms with E-state index in [2.05, 4.69) is 161 Å². The molecular weight excluding hydrogens is 597 g/mol. The molecule has 0 aliphatic carbocycles. The third-order valence-corrected chi connectivity index (χ3v) is 10.6. The minimum atomic E-state index is -0.397. The number of hydrogen-bond acceptors (Lipinski definition) is 3. The Balaban J connectivity index is 1.28. The lowest BCUT2D eigenvalue weighted by Crippen LogP contribution is -2.41. The number of rotatable bonds is 4. The van der Waals surface area contributed by atoms with Gasteiger partial charge < -0.3 is 4.74 Å². The Kier molecular flexibility index (Phi) is 6.51. The van der Waals surface area contributed by atoms with Crippen molar-refractivity contribution in [3.05, 3.63) is 151 Å². The highest BCUT2D eigenvalue weighted by molar-refractivity contribution is 6.22. The average molecular weight is 633 g/mol. The highest BCUT2D eigenvalue weighted by Crippen LogP contribution is 2.46. The number of fused-ring (bicyclic) bond motifs is 4. The molecule has 3 nitrogen and oxygen atoms in total. The predicted molar refractivity (Wildman–Crippen MR) is 206 cm³/mol. The summed E-state index contributed by atoms with van der Waals surface area (Å²) in [7, 11) is 0. The van der Waals surface area contributed by atoms with E-state index in [0.29, 0.717) is 5.90 Å². The Bertz CT molecular complexity index is 2630. The molecule has 0 fully saturated rings. The third kappa shape index (κ3) is 4.80. The van der Waals surface area contributed by atoms with Crippen LogP contribution in [0.15, 0.2) is 151 Å². The van der Waals surface area contributed by atoms with Crippen LogP contribution in [0.2, 0.25) is 0 Å². The first-order valence-electron chi connectivity index (χ1n) is 17.0. The Morgan fingerprint density at radius 1 is 0.449 bits per heavy atom. The summed E-state index contributed by atoms with van der Waals surface area (Å²) in [4.78, 5) is 9.72. The van der Waals surface area contributed by atoms with Crippen LogP contribution in [0.1, 0.15) is 33.4 Å². The number of hydrogen-bond donors (Lipinski definition) is 0. The maximum absolute atomic E-state index is 6.26. The minimum absolute atomic E-state index is 0.328. The standard InChI is InChI=1S/C46H36N2O/c1-45(2)46(3,4)49-44(48-45)41-24-22-36(28-47-41)33-21-23-39-40(27-33)43(35-20-18-30-12-6-8-14-32(30)26-35)38-16-10-9-15-37(38)42(39)34-19-17-29-11-5-7-13-31(29)25-34/h5-28H,1-4H3. The van der Waals surface area contributed by atoms with Gasteiger partial charge in [-0.1, -0.05) is 115 Å². The zero-order chi connectivity index (χ0) is 33.3. The summed E-state index contributed by atoms with van der Waals surface area (Å²) < 4.78 is 6.26. The van der Waals surface area contributed by atoms with Crippen LogP contribution in [0.25, 0.3) is 76.5 Å². The van der Waals surface area contributed by atoms with Gasteiger partial charge in [-0.2, -0.15) is 0 Å². The summed E-state index contributed by atoms with van der Waals surface area (Å²) in [5.74, 6) is 0.602. The minimum Gasteiger partial charge on any atom is -0.468 e. The fraction of sp³-hybridized carbons (Fsp3) is 0.130. The van der Waals surface area contributed by atoms with Crippen molar-refractivity contribution in [2.75, 3.05) is 0 Å². The van der Waals surface area contributed by atoms with Crippen molar-refractivity contribution in [3.63, 3.8) is 0 Å². The molecular formula is C46H36N2O. The summed E-state index contributed by atoms with van der Waals surface area (Å²) in [6, 6.07) is 50.8. The Morgan fingerprint density at radius 3 is 1.51 bits per heavy atom. The maximum atomic E-state index is 6.26. The van der Waals surface area contributed by atoms with Crippen molar-refractivity contribution in [2.45, 2.75) is 38.8 Å². The highest BCUT2D eigenvalue weighted by atomic mass is 16.5. The molecule has 0 N–H and O–H groups in total. The fourth-order valence-corrected chi connectivity index (χ4v) is 7.25. The zero-order valence-electron chi connectivity index (χ0n) is 28.2. The normalized spacial score (nSPS) is 15.1. The van der Waals surface area contributed by atoms with Gasteiger partial charge in [-0.05, 0) is 123 Å². The fourth-order valence-electron chi connectivity index (χ4n) is 7.25. The summed E-state index contributed by atoms with van der Waals surface area (Å²) in [6.07, 6.45) is 1.95. The largest absolute Gasteiger partial charge is 0.468 e. The summed E-state index contributed by atoms with van der Waals surface area (Å²) in [5, 5.41) is 9.87. The summed E-state index contributed by atoms with van der Waals surface area (Å²) >= 11 is 0. The number of pyridine rings is 1. The third-order valence-electron chi connectivity index (χ3n) is 10.6. The molecule has 1 aliphatic heterocycles. The van der Waals surface area contributed by atoms with Crippen LogP contribution in [0.5, 0.6) is 0 Å². The van der Waals surface area contributed by atoms with Crippen LogP contribution in [0, 0.1) is 0 Å². The predicted octanol–water partition coefficient (Wildman–Crippen LogP) is 12.0. The number of nitrogens with zero attached hydrogens (tertiary/aromatic N) is 2. The molecule has 1 aromatic heterocycles. The van der Waals surface area contributed by atoms with Crippen molar-refractivity contribution >= 4 is 49.0 Å². The van der Waals surface area contributed by atoms with Crippen LogP contribution in [-0.2, 0) is 4.74 Å². The molecule has 7 aromatic carbocycles. The quantitative estimate of drug-likeness (QED) is 0.181. The molecule has 0 bridgehead atoms. The topological polar surface area (TPSA) is 34.5 Å². The average Bonchev–Trinajstić information content (AvgIpc) is 3.35. The monoisotopic (exact) mass is 632 g/mol. The Labute approximate surface area is 286 Å². The molecule has 236 valence electrons. The summed E-state index contributed by atoms with van der Waals surface area (Å²) in [5.41, 5.74) is 7.11. The van der Waals surface area contributed by atoms with E-state index in [1.165, 1.54) is 65.3 Å². The Hall–Kier alpha value is -5.80. The zero-order valence-corrected chi connectivity index (χ0v) is 28.2. The van der Waals surface area contributed by atoms with E-state index in [-0.39, 0.29) is 5.54 Å². The van der Waals surface area contributed by atoms with Crippen molar-refractivity contribution < 1.29 is 4.74 Å².